The molecule has 0 bridgehead atoms. The van der Waals surface area contributed by atoms with Gasteiger partial charge in [-0.3, -0.25) is 0 Å². The Bertz CT molecular complexity index is 895. The van der Waals surface area contributed by atoms with Gasteiger partial charge in [-0.05, 0) is 43.5 Å². The van der Waals surface area contributed by atoms with Gasteiger partial charge in [0.1, 0.15) is 11.6 Å². The van der Waals surface area contributed by atoms with Crippen LogP contribution in [0.3, 0.4) is 0 Å². The summed E-state index contributed by atoms with van der Waals surface area (Å²) >= 11 is 11.6. The molecule has 0 amide bonds. The lowest BCUT2D eigenvalue weighted by Gasteiger charge is -2.15. The summed E-state index contributed by atoms with van der Waals surface area (Å²) in [4.78, 5) is 0.0992. The van der Waals surface area contributed by atoms with Crippen LogP contribution in [0.1, 0.15) is 24.8 Å². The lowest BCUT2D eigenvalue weighted by molar-refractivity contribution is 0.0425. The van der Waals surface area contributed by atoms with Crippen molar-refractivity contribution in [2.75, 3.05) is 0 Å². The van der Waals surface area contributed by atoms with Crippen molar-refractivity contribution >= 4 is 33.0 Å². The van der Waals surface area contributed by atoms with Crippen molar-refractivity contribution in [3.63, 3.8) is 0 Å². The summed E-state index contributed by atoms with van der Waals surface area (Å²) in [6.45, 7) is -0.279. The highest BCUT2D eigenvalue weighted by molar-refractivity contribution is 7.92. The molecule has 3 nitrogen and oxygen atoms in total. The van der Waals surface area contributed by atoms with Crippen LogP contribution in [0.5, 0.6) is 0 Å². The maximum Gasteiger partial charge on any atom is 0.182 e. The highest BCUT2D eigenvalue weighted by atomic mass is 35.5. The Morgan fingerprint density at radius 3 is 2.38 bits per heavy atom. The van der Waals surface area contributed by atoms with Crippen LogP contribution in [-0.4, -0.2) is 19.8 Å². The fourth-order valence-electron chi connectivity index (χ4n) is 3.10. The number of halogens is 4. The largest absolute Gasteiger partial charge is 0.373 e. The standard InChI is InChI=1S/C18H16Cl2F2O3S/c19-11-7-16(21)14(17(22)8-11)10-25-12-5-6-13(9-12)26(23,24)18-4-2-1-3-15(18)20/h1-4,7-8,12-13H,5-6,9-10H2/t12-,13-/m1/s1. The second-order valence-corrected chi connectivity index (χ2v) is 9.23. The van der Waals surface area contributed by atoms with Gasteiger partial charge < -0.3 is 4.74 Å². The molecule has 2 atom stereocenters. The topological polar surface area (TPSA) is 43.4 Å². The number of rotatable bonds is 5. The summed E-state index contributed by atoms with van der Waals surface area (Å²) in [7, 11) is -3.58. The molecular weight excluding hydrogens is 405 g/mol. The smallest absolute Gasteiger partial charge is 0.182 e. The molecule has 1 saturated carbocycles. The van der Waals surface area contributed by atoms with Crippen molar-refractivity contribution in [1.82, 2.24) is 0 Å². The van der Waals surface area contributed by atoms with Crippen molar-refractivity contribution in [2.24, 2.45) is 0 Å². The normalized spacial score (nSPS) is 20.5. The second-order valence-electron chi connectivity index (χ2n) is 6.19. The van der Waals surface area contributed by atoms with Gasteiger partial charge in [-0.15, -0.1) is 0 Å². The molecular formula is C18H16Cl2F2O3S. The van der Waals surface area contributed by atoms with Gasteiger partial charge >= 0.3 is 0 Å². The van der Waals surface area contributed by atoms with E-state index in [0.717, 1.165) is 12.1 Å². The minimum absolute atomic E-state index is 0.0319. The number of ether oxygens (including phenoxy) is 1. The van der Waals surface area contributed by atoms with Gasteiger partial charge in [0.15, 0.2) is 9.84 Å². The highest BCUT2D eigenvalue weighted by Crippen LogP contribution is 2.34. The van der Waals surface area contributed by atoms with Crippen LogP contribution in [-0.2, 0) is 21.2 Å². The van der Waals surface area contributed by atoms with Crippen molar-refractivity contribution < 1.29 is 21.9 Å². The summed E-state index contributed by atoms with van der Waals surface area (Å²) in [5, 5.41) is -0.481. The van der Waals surface area contributed by atoms with Gasteiger partial charge in [0.2, 0.25) is 0 Å². The van der Waals surface area contributed by atoms with E-state index in [0.29, 0.717) is 12.8 Å². The fourth-order valence-corrected chi connectivity index (χ4v) is 5.63. The Labute approximate surface area is 160 Å². The molecule has 1 aliphatic rings. The van der Waals surface area contributed by atoms with Crippen LogP contribution in [0, 0.1) is 11.6 Å². The Hall–Kier alpha value is -1.21. The molecule has 3 rings (SSSR count). The van der Waals surface area contributed by atoms with Crippen LogP contribution in [0.15, 0.2) is 41.3 Å². The number of hydrogen-bond donors (Lipinski definition) is 0. The van der Waals surface area contributed by atoms with Gasteiger partial charge in [0, 0.05) is 10.6 Å². The third-order valence-electron chi connectivity index (χ3n) is 4.49. The van der Waals surface area contributed by atoms with Crippen LogP contribution in [0.25, 0.3) is 0 Å². The van der Waals surface area contributed by atoms with E-state index in [1.807, 2.05) is 0 Å². The van der Waals surface area contributed by atoms with E-state index in [-0.39, 0.29) is 33.5 Å². The molecule has 26 heavy (non-hydrogen) atoms. The molecule has 1 fully saturated rings. The predicted octanol–water partition coefficient (Wildman–Crippen LogP) is 5.18. The summed E-state index contributed by atoms with van der Waals surface area (Å²) in [5.74, 6) is -1.57. The average molecular weight is 421 g/mol. The molecule has 0 spiro atoms. The molecule has 0 aliphatic heterocycles. The van der Waals surface area contributed by atoms with E-state index in [1.165, 1.54) is 12.1 Å². The maximum absolute atomic E-state index is 13.8. The first kappa shape index (κ1) is 19.5. The van der Waals surface area contributed by atoms with Crippen molar-refractivity contribution in [3.05, 3.63) is 63.6 Å². The monoisotopic (exact) mass is 420 g/mol. The Balaban J connectivity index is 1.67. The average Bonchev–Trinajstić information content (AvgIpc) is 3.04. The quantitative estimate of drug-likeness (QED) is 0.668. The second kappa shape index (κ2) is 7.80. The molecule has 0 aromatic heterocycles. The maximum atomic E-state index is 13.8. The SMILES string of the molecule is O=S(=O)(c1ccccc1Cl)[C@@H]1CC[C@@H](OCc2c(F)cc(Cl)cc2F)C1. The fraction of sp³-hybridized carbons (Fsp3) is 0.333. The summed E-state index contributed by atoms with van der Waals surface area (Å²) in [6.07, 6.45) is 0.756. The van der Waals surface area contributed by atoms with Gasteiger partial charge in [0.05, 0.1) is 27.9 Å². The van der Waals surface area contributed by atoms with Crippen molar-refractivity contribution in [1.29, 1.82) is 0 Å². The number of hydrogen-bond acceptors (Lipinski definition) is 3. The zero-order valence-corrected chi connectivity index (χ0v) is 15.9. The first-order valence-corrected chi connectivity index (χ1v) is 10.3. The van der Waals surface area contributed by atoms with E-state index in [4.69, 9.17) is 27.9 Å². The predicted molar refractivity (Wildman–Crippen MR) is 96.2 cm³/mol. The van der Waals surface area contributed by atoms with Crippen molar-refractivity contribution in [2.45, 2.75) is 42.1 Å². The minimum Gasteiger partial charge on any atom is -0.373 e. The van der Waals surface area contributed by atoms with E-state index < -0.39 is 32.8 Å². The lowest BCUT2D eigenvalue weighted by Crippen LogP contribution is -2.20. The molecule has 0 saturated heterocycles. The zero-order chi connectivity index (χ0) is 18.9. The minimum atomic E-state index is -3.58. The van der Waals surface area contributed by atoms with Gasteiger partial charge in [-0.2, -0.15) is 0 Å². The molecule has 8 heteroatoms. The van der Waals surface area contributed by atoms with E-state index in [9.17, 15) is 17.2 Å². The molecule has 2 aromatic carbocycles. The lowest BCUT2D eigenvalue weighted by atomic mass is 10.2. The van der Waals surface area contributed by atoms with Crippen LogP contribution in [0.4, 0.5) is 8.78 Å². The van der Waals surface area contributed by atoms with Crippen LogP contribution in [0.2, 0.25) is 10.0 Å². The van der Waals surface area contributed by atoms with Crippen LogP contribution < -0.4 is 0 Å². The van der Waals surface area contributed by atoms with E-state index in [2.05, 4.69) is 0 Å². The molecule has 1 aliphatic carbocycles. The highest BCUT2D eigenvalue weighted by Gasteiger charge is 2.36. The molecule has 0 heterocycles. The van der Waals surface area contributed by atoms with E-state index >= 15 is 0 Å². The third kappa shape index (κ3) is 4.03. The summed E-state index contributed by atoms with van der Waals surface area (Å²) in [6, 6.07) is 8.32. The summed E-state index contributed by atoms with van der Waals surface area (Å²) in [5.41, 5.74) is -0.216. The Kier molecular flexibility index (Phi) is 5.87. The molecule has 0 radical (unpaired) electrons. The van der Waals surface area contributed by atoms with Gasteiger partial charge in [-0.25, -0.2) is 17.2 Å². The van der Waals surface area contributed by atoms with Crippen LogP contribution >= 0.6 is 23.2 Å². The third-order valence-corrected chi connectivity index (χ3v) is 7.42. The van der Waals surface area contributed by atoms with Crippen molar-refractivity contribution in [3.8, 4) is 0 Å². The Morgan fingerprint density at radius 2 is 1.73 bits per heavy atom. The first-order chi connectivity index (χ1) is 12.3. The summed E-state index contributed by atoms with van der Waals surface area (Å²) < 4.78 is 58.7. The molecule has 2 aromatic rings. The molecule has 0 N–H and O–H groups in total. The zero-order valence-electron chi connectivity index (χ0n) is 13.6. The van der Waals surface area contributed by atoms with Gasteiger partial charge in [-0.1, -0.05) is 35.3 Å². The molecule has 0 unspecified atom stereocenters. The number of sulfone groups is 1. The van der Waals surface area contributed by atoms with Gasteiger partial charge in [0.25, 0.3) is 0 Å². The Morgan fingerprint density at radius 1 is 1.08 bits per heavy atom. The molecule has 140 valence electrons. The number of benzene rings is 2. The first-order valence-electron chi connectivity index (χ1n) is 8.02. The van der Waals surface area contributed by atoms with E-state index in [1.54, 1.807) is 12.1 Å².